The highest BCUT2D eigenvalue weighted by Gasteiger charge is 2.23. The van der Waals surface area contributed by atoms with Gasteiger partial charge in [-0.1, -0.05) is 50.9 Å². The summed E-state index contributed by atoms with van der Waals surface area (Å²) in [6.07, 6.45) is 1.77. The van der Waals surface area contributed by atoms with E-state index in [-0.39, 0.29) is 5.78 Å². The maximum atomic E-state index is 11.7. The molecule has 0 spiro atoms. The normalized spacial score (nSPS) is 13.2. The quantitative estimate of drug-likeness (QED) is 0.799. The number of carbonyl (C=O) groups excluding carboxylic acids is 1. The van der Waals surface area contributed by atoms with Crippen LogP contribution in [0.3, 0.4) is 0 Å². The van der Waals surface area contributed by atoms with Crippen LogP contribution in [0.2, 0.25) is 5.02 Å². The highest BCUT2D eigenvalue weighted by molar-refractivity contribution is 7.19. The Morgan fingerprint density at radius 2 is 1.90 bits per heavy atom. The molecule has 0 aromatic heterocycles. The number of benzene rings is 1. The van der Waals surface area contributed by atoms with E-state index in [1.807, 2.05) is 19.9 Å². The number of hydrogen-bond acceptors (Lipinski definition) is 2. The van der Waals surface area contributed by atoms with Crippen LogP contribution in [0.1, 0.15) is 57.3 Å². The Morgan fingerprint density at radius 3 is 2.35 bits per heavy atom. The molecule has 0 heterocycles. The molecule has 2 nitrogen and oxygen atoms in total. The maximum absolute atomic E-state index is 11.7. The van der Waals surface area contributed by atoms with Crippen LogP contribution in [0.5, 0.6) is 0 Å². The van der Waals surface area contributed by atoms with Gasteiger partial charge in [-0.2, -0.15) is 0 Å². The zero-order chi connectivity index (χ0) is 15.7. The van der Waals surface area contributed by atoms with Crippen molar-refractivity contribution in [1.82, 2.24) is 0 Å². The van der Waals surface area contributed by atoms with E-state index in [4.69, 9.17) is 11.6 Å². The van der Waals surface area contributed by atoms with Crippen LogP contribution in [0.15, 0.2) is 18.2 Å². The number of aryl methyl sites for hydroxylation is 1. The van der Waals surface area contributed by atoms with Gasteiger partial charge in [0.1, 0.15) is 5.78 Å². The average Bonchev–Trinajstić information content (AvgIpc) is 2.41. The molecular weight excluding hydrogens is 291 g/mol. The Hall–Kier alpha value is -0.430. The fraction of sp³-hybridized carbons (Fsp3) is 0.562. The van der Waals surface area contributed by atoms with Crippen molar-refractivity contribution in [3.8, 4) is 0 Å². The second-order valence-electron chi connectivity index (χ2n) is 4.90. The topological polar surface area (TPSA) is 37.3 Å². The number of hydrogen-bond donors (Lipinski definition) is 1. The summed E-state index contributed by atoms with van der Waals surface area (Å²) in [5.41, 5.74) is 1.19. The second-order valence-corrected chi connectivity index (χ2v) is 6.03. The minimum absolute atomic E-state index is 0.0672. The summed E-state index contributed by atoms with van der Waals surface area (Å²) in [4.78, 5) is 11.7. The summed E-state index contributed by atoms with van der Waals surface area (Å²) in [5.74, 6) is 0.0672. The van der Waals surface area contributed by atoms with Crippen molar-refractivity contribution >= 4 is 26.6 Å². The van der Waals surface area contributed by atoms with E-state index in [1.165, 1.54) is 6.42 Å². The van der Waals surface area contributed by atoms with Crippen molar-refractivity contribution in [2.24, 2.45) is 0 Å². The van der Waals surface area contributed by atoms with Crippen molar-refractivity contribution in [3.63, 3.8) is 0 Å². The first-order chi connectivity index (χ1) is 9.38. The lowest BCUT2D eigenvalue weighted by Crippen LogP contribution is -2.22. The van der Waals surface area contributed by atoms with Gasteiger partial charge in [0.25, 0.3) is 0 Å². The molecule has 1 N–H and O–H groups in total. The van der Waals surface area contributed by atoms with Gasteiger partial charge in [0, 0.05) is 11.4 Å². The Labute approximate surface area is 130 Å². The third-order valence-corrected chi connectivity index (χ3v) is 3.89. The largest absolute Gasteiger partial charge is 0.387 e. The molecule has 0 saturated heterocycles. The Morgan fingerprint density at radius 1 is 1.35 bits per heavy atom. The number of aliphatic hydroxyl groups excluding tert-OH is 1. The van der Waals surface area contributed by atoms with Gasteiger partial charge in [0.2, 0.25) is 0 Å². The van der Waals surface area contributed by atoms with Crippen molar-refractivity contribution in [1.29, 1.82) is 0 Å². The Bertz CT molecular complexity index is 421. The van der Waals surface area contributed by atoms with Crippen LogP contribution in [-0.2, 0) is 4.79 Å². The smallest absolute Gasteiger partial charge is 0.142 e. The third kappa shape index (κ3) is 6.35. The predicted molar refractivity (Wildman–Crippen MR) is 90.5 cm³/mol. The zero-order valence-electron chi connectivity index (χ0n) is 12.8. The van der Waals surface area contributed by atoms with Crippen LogP contribution in [-0.4, -0.2) is 16.5 Å². The van der Waals surface area contributed by atoms with Crippen molar-refractivity contribution in [3.05, 3.63) is 34.3 Å². The fourth-order valence-corrected chi connectivity index (χ4v) is 2.15. The first-order valence-electron chi connectivity index (χ1n) is 7.11. The molecule has 3 atom stereocenters. The summed E-state index contributed by atoms with van der Waals surface area (Å²) in [5, 5.41) is 10.8. The number of Topliss-reactive ketones (excluding diaryl/α,β-unsaturated/α-hetero) is 1. The molecule has 4 heteroatoms. The standard InChI is InChI=1S/C13H18ClO2P.C3H8/c1-3-4-11(15)13(17)12(16)9-5-6-10(14)8(2)7-9;1-3-2/h5-7,12-13,16H,3-4,17H2,1-2H3;3H2,1-2H3. The van der Waals surface area contributed by atoms with E-state index in [1.54, 1.807) is 12.1 Å². The highest BCUT2D eigenvalue weighted by Crippen LogP contribution is 2.27. The third-order valence-electron chi connectivity index (χ3n) is 2.73. The van der Waals surface area contributed by atoms with Gasteiger partial charge >= 0.3 is 0 Å². The van der Waals surface area contributed by atoms with Gasteiger partial charge in [-0.3, -0.25) is 4.79 Å². The van der Waals surface area contributed by atoms with Crippen LogP contribution >= 0.6 is 20.8 Å². The number of carbonyl (C=O) groups is 1. The van der Waals surface area contributed by atoms with Gasteiger partial charge in [0.15, 0.2) is 0 Å². The number of ketones is 1. The second kappa shape index (κ2) is 10.3. The lowest BCUT2D eigenvalue weighted by atomic mass is 10.00. The van der Waals surface area contributed by atoms with E-state index >= 15 is 0 Å². The number of halogens is 1. The van der Waals surface area contributed by atoms with Crippen LogP contribution in [0, 0.1) is 6.92 Å². The first-order valence-corrected chi connectivity index (χ1v) is 8.15. The summed E-state index contributed by atoms with van der Waals surface area (Å²) in [6, 6.07) is 5.33. The van der Waals surface area contributed by atoms with Crippen LogP contribution in [0.4, 0.5) is 0 Å². The van der Waals surface area contributed by atoms with Crippen LogP contribution in [0.25, 0.3) is 0 Å². The SMILES string of the molecule is CCC.CCCC(=O)C(P)C(O)c1ccc(Cl)c(C)c1. The Kier molecular flexibility index (Phi) is 10.1. The average molecular weight is 317 g/mol. The molecule has 0 radical (unpaired) electrons. The van der Waals surface area contributed by atoms with Crippen molar-refractivity contribution in [2.75, 3.05) is 0 Å². The maximum Gasteiger partial charge on any atom is 0.142 e. The van der Waals surface area contributed by atoms with Gasteiger partial charge in [-0.15, -0.1) is 9.24 Å². The highest BCUT2D eigenvalue weighted by atomic mass is 35.5. The van der Waals surface area contributed by atoms with E-state index < -0.39 is 11.8 Å². The molecule has 0 aliphatic carbocycles. The summed E-state index contributed by atoms with van der Waals surface area (Å²) >= 11 is 5.92. The fourth-order valence-electron chi connectivity index (χ4n) is 1.65. The first kappa shape index (κ1) is 19.6. The Balaban J connectivity index is 0.00000110. The molecule has 114 valence electrons. The molecule has 0 aliphatic rings. The van der Waals surface area contributed by atoms with Gasteiger partial charge in [0.05, 0.1) is 11.8 Å². The molecule has 0 saturated carbocycles. The van der Waals surface area contributed by atoms with E-state index in [9.17, 15) is 9.90 Å². The molecule has 1 aromatic rings. The summed E-state index contributed by atoms with van der Waals surface area (Å²) < 4.78 is 0. The molecule has 3 unspecified atom stereocenters. The van der Waals surface area contributed by atoms with Crippen molar-refractivity contribution in [2.45, 2.75) is 58.7 Å². The lowest BCUT2D eigenvalue weighted by Gasteiger charge is -2.18. The molecule has 0 aliphatic heterocycles. The predicted octanol–water partition coefficient (Wildman–Crippen LogP) is 4.71. The number of aliphatic hydroxyl groups is 1. The summed E-state index contributed by atoms with van der Waals surface area (Å²) in [7, 11) is 2.43. The molecule has 1 aromatic carbocycles. The van der Waals surface area contributed by atoms with Crippen LogP contribution < -0.4 is 0 Å². The molecule has 0 amide bonds. The van der Waals surface area contributed by atoms with Gasteiger partial charge in [-0.05, 0) is 30.5 Å². The number of rotatable bonds is 5. The van der Waals surface area contributed by atoms with E-state index in [2.05, 4.69) is 23.1 Å². The lowest BCUT2D eigenvalue weighted by molar-refractivity contribution is -0.120. The van der Waals surface area contributed by atoms with Crippen molar-refractivity contribution < 1.29 is 9.90 Å². The molecule has 1 rings (SSSR count). The summed E-state index contributed by atoms with van der Waals surface area (Å²) in [6.45, 7) is 8.08. The van der Waals surface area contributed by atoms with Gasteiger partial charge in [-0.25, -0.2) is 0 Å². The minimum atomic E-state index is -0.782. The molecular formula is C16H26ClO2P. The zero-order valence-corrected chi connectivity index (χ0v) is 14.7. The van der Waals surface area contributed by atoms with E-state index in [0.29, 0.717) is 11.4 Å². The monoisotopic (exact) mass is 316 g/mol. The molecule has 20 heavy (non-hydrogen) atoms. The van der Waals surface area contributed by atoms with Gasteiger partial charge < -0.3 is 5.11 Å². The minimum Gasteiger partial charge on any atom is -0.387 e. The van der Waals surface area contributed by atoms with E-state index in [0.717, 1.165) is 17.5 Å². The molecule has 0 bridgehead atoms. The molecule has 0 fully saturated rings.